The summed E-state index contributed by atoms with van der Waals surface area (Å²) < 4.78 is 5.28. The Morgan fingerprint density at radius 1 is 1.62 bits per heavy atom. The highest BCUT2D eigenvalue weighted by molar-refractivity contribution is 5.91. The number of rotatable bonds is 3. The van der Waals surface area contributed by atoms with Gasteiger partial charge in [0.05, 0.1) is 6.10 Å². The molecule has 1 aromatic heterocycles. The number of ether oxygens (including phenoxy) is 1. The predicted molar refractivity (Wildman–Crippen MR) is 60.4 cm³/mol. The van der Waals surface area contributed by atoms with E-state index in [2.05, 4.69) is 9.88 Å². The number of nitrogens with zero attached hydrogens (tertiary/aromatic N) is 2. The van der Waals surface area contributed by atoms with Gasteiger partial charge in [-0.3, -0.25) is 4.79 Å². The minimum absolute atomic E-state index is 0.249. The summed E-state index contributed by atoms with van der Waals surface area (Å²) in [4.78, 5) is 17.3. The molecule has 0 aromatic carbocycles. The quantitative estimate of drug-likeness (QED) is 0.802. The van der Waals surface area contributed by atoms with Crippen molar-refractivity contribution in [3.8, 4) is 0 Å². The molecular formula is C11H15N3O2. The van der Waals surface area contributed by atoms with Crippen LogP contribution in [0.15, 0.2) is 18.2 Å². The normalized spacial score (nSPS) is 20.1. The van der Waals surface area contributed by atoms with E-state index in [1.165, 1.54) is 0 Å². The standard InChI is InChI=1S/C11H15N3O2/c1-16-8-5-6-14(7-8)10-4-2-3-9(13-10)11(12)15/h2-4,8H,5-7H2,1H3,(H2,12,15). The van der Waals surface area contributed by atoms with Crippen molar-refractivity contribution in [2.45, 2.75) is 12.5 Å². The smallest absolute Gasteiger partial charge is 0.267 e. The van der Waals surface area contributed by atoms with E-state index in [9.17, 15) is 4.79 Å². The molecular weight excluding hydrogens is 206 g/mol. The number of amides is 1. The Kier molecular flexibility index (Phi) is 3.05. The average molecular weight is 221 g/mol. The second kappa shape index (κ2) is 4.49. The maximum atomic E-state index is 11.0. The number of carbonyl (C=O) groups excluding carboxylic acids is 1. The zero-order valence-corrected chi connectivity index (χ0v) is 9.22. The fourth-order valence-corrected chi connectivity index (χ4v) is 1.87. The van der Waals surface area contributed by atoms with Gasteiger partial charge >= 0.3 is 0 Å². The van der Waals surface area contributed by atoms with Crippen LogP contribution in [0.3, 0.4) is 0 Å². The molecule has 0 bridgehead atoms. The number of methoxy groups -OCH3 is 1. The summed E-state index contributed by atoms with van der Waals surface area (Å²) in [5, 5.41) is 0. The first kappa shape index (κ1) is 10.9. The summed E-state index contributed by atoms with van der Waals surface area (Å²) in [6.07, 6.45) is 1.23. The molecule has 1 saturated heterocycles. The summed E-state index contributed by atoms with van der Waals surface area (Å²) in [6, 6.07) is 5.29. The summed E-state index contributed by atoms with van der Waals surface area (Å²) in [5.41, 5.74) is 5.49. The topological polar surface area (TPSA) is 68.5 Å². The van der Waals surface area contributed by atoms with Crippen LogP contribution in [-0.4, -0.2) is 37.2 Å². The van der Waals surface area contributed by atoms with Crippen molar-refractivity contribution in [1.29, 1.82) is 0 Å². The Balaban J connectivity index is 2.15. The van der Waals surface area contributed by atoms with E-state index >= 15 is 0 Å². The Hall–Kier alpha value is -1.62. The summed E-state index contributed by atoms with van der Waals surface area (Å²) >= 11 is 0. The lowest BCUT2D eigenvalue weighted by atomic mass is 10.3. The van der Waals surface area contributed by atoms with Gasteiger partial charge in [0.25, 0.3) is 5.91 Å². The number of aromatic nitrogens is 1. The van der Waals surface area contributed by atoms with E-state index in [0.717, 1.165) is 25.3 Å². The lowest BCUT2D eigenvalue weighted by Gasteiger charge is -2.17. The molecule has 2 N–H and O–H groups in total. The van der Waals surface area contributed by atoms with Crippen molar-refractivity contribution >= 4 is 11.7 Å². The molecule has 0 radical (unpaired) electrons. The van der Waals surface area contributed by atoms with Crippen LogP contribution in [0, 0.1) is 0 Å². The van der Waals surface area contributed by atoms with Crippen LogP contribution in [-0.2, 0) is 4.74 Å². The third-order valence-corrected chi connectivity index (χ3v) is 2.79. The van der Waals surface area contributed by atoms with Crippen LogP contribution in [0.25, 0.3) is 0 Å². The summed E-state index contributed by atoms with van der Waals surface area (Å²) in [6.45, 7) is 1.71. The van der Waals surface area contributed by atoms with E-state index in [0.29, 0.717) is 5.69 Å². The van der Waals surface area contributed by atoms with E-state index in [-0.39, 0.29) is 6.10 Å². The van der Waals surface area contributed by atoms with Gasteiger partial charge in [0.15, 0.2) is 0 Å². The van der Waals surface area contributed by atoms with Crippen molar-refractivity contribution in [2.75, 3.05) is 25.1 Å². The minimum Gasteiger partial charge on any atom is -0.380 e. The van der Waals surface area contributed by atoms with Crippen LogP contribution in [0.2, 0.25) is 0 Å². The Labute approximate surface area is 94.2 Å². The first-order chi connectivity index (χ1) is 7.70. The van der Waals surface area contributed by atoms with Gasteiger partial charge in [-0.1, -0.05) is 6.07 Å². The zero-order chi connectivity index (χ0) is 11.5. The molecule has 16 heavy (non-hydrogen) atoms. The molecule has 0 saturated carbocycles. The Morgan fingerprint density at radius 3 is 3.06 bits per heavy atom. The van der Waals surface area contributed by atoms with E-state index in [1.54, 1.807) is 19.2 Å². The molecule has 0 spiro atoms. The fourth-order valence-electron chi connectivity index (χ4n) is 1.87. The molecule has 1 fully saturated rings. The van der Waals surface area contributed by atoms with Crippen molar-refractivity contribution in [3.63, 3.8) is 0 Å². The van der Waals surface area contributed by atoms with Gasteiger partial charge in [0.1, 0.15) is 11.5 Å². The third-order valence-electron chi connectivity index (χ3n) is 2.79. The Morgan fingerprint density at radius 2 is 2.44 bits per heavy atom. The monoisotopic (exact) mass is 221 g/mol. The number of nitrogens with two attached hydrogens (primary N) is 1. The maximum Gasteiger partial charge on any atom is 0.267 e. The molecule has 1 aromatic rings. The fraction of sp³-hybridized carbons (Fsp3) is 0.455. The van der Waals surface area contributed by atoms with Crippen molar-refractivity contribution in [1.82, 2.24) is 4.98 Å². The van der Waals surface area contributed by atoms with Crippen LogP contribution in [0.1, 0.15) is 16.9 Å². The largest absolute Gasteiger partial charge is 0.380 e. The first-order valence-corrected chi connectivity index (χ1v) is 5.25. The van der Waals surface area contributed by atoms with Gasteiger partial charge in [0, 0.05) is 20.2 Å². The summed E-state index contributed by atoms with van der Waals surface area (Å²) in [5.74, 6) is 0.292. The van der Waals surface area contributed by atoms with Crippen LogP contribution >= 0.6 is 0 Å². The maximum absolute atomic E-state index is 11.0. The molecule has 1 atom stereocenters. The molecule has 1 amide bonds. The SMILES string of the molecule is COC1CCN(c2cccc(C(N)=O)n2)C1. The molecule has 1 unspecified atom stereocenters. The van der Waals surface area contributed by atoms with Gasteiger partial charge < -0.3 is 15.4 Å². The van der Waals surface area contributed by atoms with E-state index in [4.69, 9.17) is 10.5 Å². The Bertz CT molecular complexity index is 395. The number of pyridine rings is 1. The zero-order valence-electron chi connectivity index (χ0n) is 9.22. The third kappa shape index (κ3) is 2.14. The average Bonchev–Trinajstić information content (AvgIpc) is 2.77. The number of carbonyl (C=O) groups is 1. The molecule has 2 heterocycles. The number of primary amides is 1. The van der Waals surface area contributed by atoms with Gasteiger partial charge in [-0.25, -0.2) is 4.98 Å². The van der Waals surface area contributed by atoms with E-state index < -0.39 is 5.91 Å². The lowest BCUT2D eigenvalue weighted by molar-refractivity contribution is 0.0995. The molecule has 1 aliphatic rings. The van der Waals surface area contributed by atoms with Crippen LogP contribution < -0.4 is 10.6 Å². The number of hydrogen-bond acceptors (Lipinski definition) is 4. The second-order valence-electron chi connectivity index (χ2n) is 3.84. The molecule has 5 heteroatoms. The van der Waals surface area contributed by atoms with Gasteiger partial charge in [-0.05, 0) is 18.6 Å². The molecule has 86 valence electrons. The molecule has 0 aliphatic carbocycles. The second-order valence-corrected chi connectivity index (χ2v) is 3.84. The van der Waals surface area contributed by atoms with Gasteiger partial charge in [-0.2, -0.15) is 0 Å². The highest BCUT2D eigenvalue weighted by Gasteiger charge is 2.23. The summed E-state index contributed by atoms with van der Waals surface area (Å²) in [7, 11) is 1.71. The molecule has 2 rings (SSSR count). The highest BCUT2D eigenvalue weighted by atomic mass is 16.5. The van der Waals surface area contributed by atoms with Crippen molar-refractivity contribution in [3.05, 3.63) is 23.9 Å². The first-order valence-electron chi connectivity index (χ1n) is 5.25. The predicted octanol–water partition coefficient (Wildman–Crippen LogP) is 0.406. The van der Waals surface area contributed by atoms with Crippen LogP contribution in [0.4, 0.5) is 5.82 Å². The van der Waals surface area contributed by atoms with Gasteiger partial charge in [0.2, 0.25) is 0 Å². The lowest BCUT2D eigenvalue weighted by Crippen LogP contribution is -2.24. The number of hydrogen-bond donors (Lipinski definition) is 1. The number of anilines is 1. The van der Waals surface area contributed by atoms with Crippen molar-refractivity contribution in [2.24, 2.45) is 5.73 Å². The van der Waals surface area contributed by atoms with Gasteiger partial charge in [-0.15, -0.1) is 0 Å². The highest BCUT2D eigenvalue weighted by Crippen LogP contribution is 2.19. The minimum atomic E-state index is -0.496. The van der Waals surface area contributed by atoms with E-state index in [1.807, 2.05) is 6.07 Å². The molecule has 1 aliphatic heterocycles. The van der Waals surface area contributed by atoms with Crippen LogP contribution in [0.5, 0.6) is 0 Å². The van der Waals surface area contributed by atoms with Crippen molar-refractivity contribution < 1.29 is 9.53 Å². The molecule has 5 nitrogen and oxygen atoms in total.